The number of guanidine groups is 1. The van der Waals surface area contributed by atoms with Gasteiger partial charge in [0.25, 0.3) is 5.96 Å². The first kappa shape index (κ1) is 32.3. The third-order valence-electron chi connectivity index (χ3n) is 9.99. The lowest BCUT2D eigenvalue weighted by atomic mass is 9.43. The molecule has 226 valence electrons. The second-order valence-electron chi connectivity index (χ2n) is 13.9. The van der Waals surface area contributed by atoms with Crippen LogP contribution in [0.2, 0.25) is 0 Å². The van der Waals surface area contributed by atoms with Crippen LogP contribution in [-0.4, -0.2) is 54.0 Å². The van der Waals surface area contributed by atoms with Crippen LogP contribution in [0.4, 0.5) is 0 Å². The highest BCUT2D eigenvalue weighted by molar-refractivity contribution is 6.47. The van der Waals surface area contributed by atoms with Crippen molar-refractivity contribution in [2.45, 2.75) is 118 Å². The van der Waals surface area contributed by atoms with Crippen LogP contribution < -0.4 is 16.5 Å². The summed E-state index contributed by atoms with van der Waals surface area (Å²) in [4.78, 5) is 41.4. The molecule has 1 amide bonds. The van der Waals surface area contributed by atoms with Gasteiger partial charge in [0.05, 0.1) is 17.6 Å². The van der Waals surface area contributed by atoms with Crippen molar-refractivity contribution in [3.63, 3.8) is 0 Å². The Labute approximate surface area is 239 Å². The number of nitrogens with zero attached hydrogens (tertiary/aromatic N) is 2. The van der Waals surface area contributed by atoms with Gasteiger partial charge in [-0.05, 0) is 68.6 Å². The molecule has 0 aromatic carbocycles. The summed E-state index contributed by atoms with van der Waals surface area (Å²) >= 11 is 0. The Morgan fingerprint density at radius 3 is 2.50 bits per heavy atom. The molecule has 0 radical (unpaired) electrons. The van der Waals surface area contributed by atoms with Crippen molar-refractivity contribution in [1.29, 1.82) is 0 Å². The fourth-order valence-electron chi connectivity index (χ4n) is 6.81. The fraction of sp³-hybridized carbons (Fsp3) is 0.893. The van der Waals surface area contributed by atoms with Gasteiger partial charge >= 0.3 is 7.12 Å². The van der Waals surface area contributed by atoms with Gasteiger partial charge in [-0.2, -0.15) is 0 Å². The Balaban J connectivity index is 1.72. The SMILES string of the molecule is CCC(C)(C)C(=O)C[C@@H](CCCN=C(N)N[N+](=O)[O-])C(=O)N[C@@H](CC(C)C)B1O[C@@H]2C[C@@H]3C[C@@H](C3(C)C)[C@]2(C)O1. The largest absolute Gasteiger partial charge is 0.481 e. The number of nitro groups is 1. The van der Waals surface area contributed by atoms with Crippen molar-refractivity contribution in [2.24, 2.45) is 45.2 Å². The van der Waals surface area contributed by atoms with Gasteiger partial charge in [-0.15, -0.1) is 0 Å². The molecule has 2 bridgehead atoms. The summed E-state index contributed by atoms with van der Waals surface area (Å²) in [6, 6.07) is 0. The van der Waals surface area contributed by atoms with Crippen molar-refractivity contribution >= 4 is 24.8 Å². The van der Waals surface area contributed by atoms with E-state index in [4.69, 9.17) is 15.0 Å². The summed E-state index contributed by atoms with van der Waals surface area (Å²) in [5.74, 6) is -0.0370. The van der Waals surface area contributed by atoms with E-state index >= 15 is 0 Å². The Kier molecular flexibility index (Phi) is 9.97. The molecule has 4 aliphatic rings. The predicted molar refractivity (Wildman–Crippen MR) is 155 cm³/mol. The molecule has 40 heavy (non-hydrogen) atoms. The monoisotopic (exact) mass is 563 g/mol. The molecule has 0 aromatic heterocycles. The zero-order valence-electron chi connectivity index (χ0n) is 25.6. The first-order chi connectivity index (χ1) is 18.5. The van der Waals surface area contributed by atoms with Crippen LogP contribution in [0.3, 0.4) is 0 Å². The maximum absolute atomic E-state index is 13.7. The van der Waals surface area contributed by atoms with Gasteiger partial charge in [-0.3, -0.25) is 9.59 Å². The second kappa shape index (κ2) is 12.3. The van der Waals surface area contributed by atoms with E-state index < -0.39 is 23.5 Å². The molecular weight excluding hydrogens is 513 g/mol. The molecule has 3 aliphatic carbocycles. The molecule has 4 fully saturated rings. The van der Waals surface area contributed by atoms with Crippen molar-refractivity contribution in [1.82, 2.24) is 10.7 Å². The molecule has 1 saturated heterocycles. The molecule has 6 atom stereocenters. The maximum Gasteiger partial charge on any atom is 0.481 e. The van der Waals surface area contributed by atoms with Crippen LogP contribution in [-0.2, 0) is 18.9 Å². The fourth-order valence-corrected chi connectivity index (χ4v) is 6.81. The van der Waals surface area contributed by atoms with Crippen molar-refractivity contribution < 1.29 is 23.9 Å². The van der Waals surface area contributed by atoms with Gasteiger partial charge < -0.3 is 20.4 Å². The summed E-state index contributed by atoms with van der Waals surface area (Å²) in [6.45, 7) is 17.0. The van der Waals surface area contributed by atoms with Gasteiger partial charge in [0, 0.05) is 24.3 Å². The van der Waals surface area contributed by atoms with E-state index in [0.717, 1.165) is 12.8 Å². The minimum Gasteiger partial charge on any atom is -0.404 e. The van der Waals surface area contributed by atoms with Gasteiger partial charge in [0.15, 0.2) is 5.03 Å². The average molecular weight is 564 g/mol. The Bertz CT molecular complexity index is 988. The number of aliphatic imine (C=N–C) groups is 1. The van der Waals surface area contributed by atoms with Crippen LogP contribution in [0.1, 0.15) is 100 Å². The Morgan fingerprint density at radius 1 is 1.25 bits per heavy atom. The first-order valence-electron chi connectivity index (χ1n) is 14.9. The standard InChI is InChI=1S/C28H50BN5O6/c1-9-26(4,5)21(35)14-18(11-10-12-31-25(30)33-34(37)38)24(36)32-23(13-17(2)3)29-39-22-16-19-15-20(27(19,6)7)28(22,8)40-29/h17-20,22-23H,9-16H2,1-8H3,(H,32,36)(H3,30,31,33)/t18-,19+,20+,22-,23+,28+/m1/s1. The number of Topliss-reactive ketones (excluding diaryl/α,β-unsaturated/α-hetero) is 1. The molecule has 4 rings (SSSR count). The van der Waals surface area contributed by atoms with Crippen LogP contribution in [0.15, 0.2) is 4.99 Å². The molecular formula is C28H50BN5O6. The topological polar surface area (TPSA) is 158 Å². The van der Waals surface area contributed by atoms with E-state index in [2.05, 4.69) is 44.9 Å². The summed E-state index contributed by atoms with van der Waals surface area (Å²) < 4.78 is 13.2. The maximum atomic E-state index is 13.7. The van der Waals surface area contributed by atoms with Gasteiger partial charge in [0.1, 0.15) is 5.78 Å². The highest BCUT2D eigenvalue weighted by Crippen LogP contribution is 2.65. The number of hydrogen-bond donors (Lipinski definition) is 3. The number of hydrazine groups is 1. The normalized spacial score (nSPS) is 28.9. The van der Waals surface area contributed by atoms with Gasteiger partial charge in [0.2, 0.25) is 5.91 Å². The number of rotatable bonds is 14. The minimum absolute atomic E-state index is 0.0136. The summed E-state index contributed by atoms with van der Waals surface area (Å²) in [7, 11) is -0.544. The lowest BCUT2D eigenvalue weighted by molar-refractivity contribution is -0.525. The first-order valence-corrected chi connectivity index (χ1v) is 14.9. The zero-order valence-corrected chi connectivity index (χ0v) is 25.6. The van der Waals surface area contributed by atoms with E-state index in [-0.39, 0.29) is 53.7 Å². The van der Waals surface area contributed by atoms with Crippen molar-refractivity contribution in [3.8, 4) is 0 Å². The smallest absolute Gasteiger partial charge is 0.404 e. The van der Waals surface area contributed by atoms with Crippen LogP contribution in [0.5, 0.6) is 0 Å². The lowest BCUT2D eigenvalue weighted by Crippen LogP contribution is -2.65. The number of carbonyl (C=O) groups excluding carboxylic acids is 2. The number of ketones is 1. The molecule has 1 heterocycles. The van der Waals surface area contributed by atoms with Crippen molar-refractivity contribution in [2.75, 3.05) is 6.54 Å². The van der Waals surface area contributed by atoms with Crippen LogP contribution in [0.25, 0.3) is 0 Å². The lowest BCUT2D eigenvalue weighted by Gasteiger charge is -2.64. The number of nitrogens with one attached hydrogen (secondary N) is 2. The quantitative estimate of drug-likeness (QED) is 0.0721. The summed E-state index contributed by atoms with van der Waals surface area (Å²) in [5.41, 5.74) is 6.64. The Morgan fingerprint density at radius 2 is 1.93 bits per heavy atom. The highest BCUT2D eigenvalue weighted by atomic mass is 16.7. The number of nitrogens with two attached hydrogens (primary N) is 1. The second-order valence-corrected chi connectivity index (χ2v) is 13.9. The Hall–Kier alpha value is -2.21. The predicted octanol–water partition coefficient (Wildman–Crippen LogP) is 3.67. The van der Waals surface area contributed by atoms with Crippen LogP contribution in [0, 0.1) is 44.6 Å². The molecule has 0 spiro atoms. The van der Waals surface area contributed by atoms with E-state index in [1.807, 2.05) is 26.2 Å². The molecule has 12 heteroatoms. The van der Waals surface area contributed by atoms with Crippen molar-refractivity contribution in [3.05, 3.63) is 10.1 Å². The van der Waals surface area contributed by atoms with Gasteiger partial charge in [-0.1, -0.05) is 53.9 Å². The number of amides is 1. The van der Waals surface area contributed by atoms with E-state index in [1.54, 1.807) is 0 Å². The number of carbonyl (C=O) groups is 2. The van der Waals surface area contributed by atoms with E-state index in [0.29, 0.717) is 43.4 Å². The molecule has 4 N–H and O–H groups in total. The summed E-state index contributed by atoms with van der Waals surface area (Å²) in [6.07, 6.45) is 4.44. The van der Waals surface area contributed by atoms with E-state index in [1.165, 1.54) is 0 Å². The minimum atomic E-state index is -0.774. The average Bonchev–Trinajstić information content (AvgIpc) is 3.21. The zero-order chi connectivity index (χ0) is 30.0. The van der Waals surface area contributed by atoms with Crippen LogP contribution >= 0.6 is 0 Å². The molecule has 1 aliphatic heterocycles. The third-order valence-corrected chi connectivity index (χ3v) is 9.99. The van der Waals surface area contributed by atoms with Gasteiger partial charge in [-0.25, -0.2) is 15.1 Å². The molecule has 0 aromatic rings. The molecule has 11 nitrogen and oxygen atoms in total. The highest BCUT2D eigenvalue weighted by Gasteiger charge is 2.68. The molecule has 3 saturated carbocycles. The summed E-state index contributed by atoms with van der Waals surface area (Å²) in [5, 5.41) is 13.0. The number of hydrogen-bond acceptors (Lipinski definition) is 7. The third kappa shape index (κ3) is 6.98. The molecule has 0 unspecified atom stereocenters. The van der Waals surface area contributed by atoms with E-state index in [9.17, 15) is 19.7 Å².